The van der Waals surface area contributed by atoms with Crippen molar-refractivity contribution in [1.29, 1.82) is 0 Å². The third-order valence-electron chi connectivity index (χ3n) is 2.64. The Morgan fingerprint density at radius 3 is 2.61 bits per heavy atom. The van der Waals surface area contributed by atoms with Gasteiger partial charge in [-0.05, 0) is 42.8 Å². The number of halogens is 1. The summed E-state index contributed by atoms with van der Waals surface area (Å²) in [5.41, 5.74) is 7.69. The Bertz CT molecular complexity index is 623. The molecule has 0 aliphatic rings. The van der Waals surface area contributed by atoms with Crippen LogP contribution in [0.15, 0.2) is 36.4 Å². The molecule has 3 N–H and O–H groups in total. The number of aromatic carboxylic acids is 1. The van der Waals surface area contributed by atoms with Crippen molar-refractivity contribution in [3.8, 4) is 11.1 Å². The maximum absolute atomic E-state index is 13.7. The summed E-state index contributed by atoms with van der Waals surface area (Å²) in [6.07, 6.45) is 0. The van der Waals surface area contributed by atoms with Gasteiger partial charge >= 0.3 is 5.97 Å². The van der Waals surface area contributed by atoms with Crippen LogP contribution in [0.4, 0.5) is 10.1 Å². The number of nitrogen functional groups attached to an aromatic ring is 1. The van der Waals surface area contributed by atoms with Gasteiger partial charge in [0, 0.05) is 11.3 Å². The van der Waals surface area contributed by atoms with E-state index in [-0.39, 0.29) is 5.56 Å². The zero-order valence-corrected chi connectivity index (χ0v) is 9.77. The first kappa shape index (κ1) is 12.1. The normalized spacial score (nSPS) is 10.3. The molecule has 0 atom stereocenters. The number of aryl methyl sites for hydroxylation is 1. The van der Waals surface area contributed by atoms with E-state index in [9.17, 15) is 9.18 Å². The van der Waals surface area contributed by atoms with Crippen molar-refractivity contribution < 1.29 is 14.3 Å². The SMILES string of the molecule is Cc1ccc(F)c(-c2cc(N)cc(C(=O)O)c2)c1. The maximum atomic E-state index is 13.7. The molecule has 0 aliphatic heterocycles. The second-order valence-corrected chi connectivity index (χ2v) is 4.13. The van der Waals surface area contributed by atoms with Gasteiger partial charge in [-0.3, -0.25) is 0 Å². The van der Waals surface area contributed by atoms with Crippen LogP contribution in [0.3, 0.4) is 0 Å². The maximum Gasteiger partial charge on any atom is 0.335 e. The lowest BCUT2D eigenvalue weighted by Gasteiger charge is -2.07. The third-order valence-corrected chi connectivity index (χ3v) is 2.64. The van der Waals surface area contributed by atoms with Crippen LogP contribution in [-0.4, -0.2) is 11.1 Å². The lowest BCUT2D eigenvalue weighted by molar-refractivity contribution is 0.0697. The minimum absolute atomic E-state index is 0.0471. The molecule has 0 saturated carbocycles. The quantitative estimate of drug-likeness (QED) is 0.799. The van der Waals surface area contributed by atoms with Gasteiger partial charge in [0.1, 0.15) is 5.82 Å². The van der Waals surface area contributed by atoms with Crippen molar-refractivity contribution in [2.75, 3.05) is 5.73 Å². The van der Waals surface area contributed by atoms with Gasteiger partial charge in [0.2, 0.25) is 0 Å². The molecule has 2 aromatic carbocycles. The minimum Gasteiger partial charge on any atom is -0.478 e. The van der Waals surface area contributed by atoms with Crippen molar-refractivity contribution in [2.45, 2.75) is 6.92 Å². The highest BCUT2D eigenvalue weighted by Crippen LogP contribution is 2.27. The highest BCUT2D eigenvalue weighted by Gasteiger charge is 2.10. The molecule has 0 amide bonds. The van der Waals surface area contributed by atoms with E-state index < -0.39 is 11.8 Å². The molecule has 0 heterocycles. The van der Waals surface area contributed by atoms with Crippen LogP contribution < -0.4 is 5.73 Å². The average molecular weight is 245 g/mol. The van der Waals surface area contributed by atoms with Gasteiger partial charge in [-0.1, -0.05) is 11.6 Å². The zero-order valence-electron chi connectivity index (χ0n) is 9.77. The number of anilines is 1. The molecule has 0 bridgehead atoms. The predicted molar refractivity (Wildman–Crippen MR) is 67.9 cm³/mol. The molecule has 0 aliphatic carbocycles. The summed E-state index contributed by atoms with van der Waals surface area (Å²) in [6, 6.07) is 8.99. The summed E-state index contributed by atoms with van der Waals surface area (Å²) < 4.78 is 13.7. The van der Waals surface area contributed by atoms with Crippen LogP contribution in [0.2, 0.25) is 0 Å². The molecule has 2 aromatic rings. The van der Waals surface area contributed by atoms with E-state index in [4.69, 9.17) is 10.8 Å². The van der Waals surface area contributed by atoms with E-state index in [2.05, 4.69) is 0 Å². The first-order chi connectivity index (χ1) is 8.47. The van der Waals surface area contributed by atoms with E-state index in [1.807, 2.05) is 6.92 Å². The van der Waals surface area contributed by atoms with Crippen molar-refractivity contribution >= 4 is 11.7 Å². The molecule has 3 nitrogen and oxygen atoms in total. The van der Waals surface area contributed by atoms with Crippen molar-refractivity contribution in [1.82, 2.24) is 0 Å². The Morgan fingerprint density at radius 2 is 1.94 bits per heavy atom. The minimum atomic E-state index is -1.09. The van der Waals surface area contributed by atoms with Crippen LogP contribution in [0, 0.1) is 12.7 Å². The number of benzene rings is 2. The fourth-order valence-corrected chi connectivity index (χ4v) is 1.79. The van der Waals surface area contributed by atoms with E-state index in [1.54, 1.807) is 18.2 Å². The number of carboxylic acids is 1. The predicted octanol–water partition coefficient (Wildman–Crippen LogP) is 3.08. The van der Waals surface area contributed by atoms with E-state index in [0.29, 0.717) is 16.8 Å². The molecule has 0 radical (unpaired) electrons. The van der Waals surface area contributed by atoms with Crippen molar-refractivity contribution in [3.63, 3.8) is 0 Å². The Balaban J connectivity index is 2.63. The van der Waals surface area contributed by atoms with Gasteiger partial charge < -0.3 is 10.8 Å². The second-order valence-electron chi connectivity index (χ2n) is 4.13. The Hall–Kier alpha value is -2.36. The topological polar surface area (TPSA) is 63.3 Å². The first-order valence-electron chi connectivity index (χ1n) is 5.38. The Kier molecular flexibility index (Phi) is 3.02. The third kappa shape index (κ3) is 2.32. The van der Waals surface area contributed by atoms with E-state index in [0.717, 1.165) is 5.56 Å². The molecule has 18 heavy (non-hydrogen) atoms. The van der Waals surface area contributed by atoms with Crippen LogP contribution >= 0.6 is 0 Å². The van der Waals surface area contributed by atoms with Crippen LogP contribution in [-0.2, 0) is 0 Å². The molecule has 0 spiro atoms. The largest absolute Gasteiger partial charge is 0.478 e. The van der Waals surface area contributed by atoms with Crippen LogP contribution in [0.25, 0.3) is 11.1 Å². The number of rotatable bonds is 2. The van der Waals surface area contributed by atoms with Gasteiger partial charge in [0.25, 0.3) is 0 Å². The number of hydrogen-bond donors (Lipinski definition) is 2. The highest BCUT2D eigenvalue weighted by molar-refractivity contribution is 5.91. The molecular formula is C14H12FNO2. The van der Waals surface area contributed by atoms with Crippen molar-refractivity contribution in [3.05, 3.63) is 53.3 Å². The van der Waals surface area contributed by atoms with Gasteiger partial charge in [-0.15, -0.1) is 0 Å². The summed E-state index contributed by atoms with van der Waals surface area (Å²) in [6.45, 7) is 1.84. The van der Waals surface area contributed by atoms with Gasteiger partial charge in [0.15, 0.2) is 0 Å². The molecule has 4 heteroatoms. The second kappa shape index (κ2) is 4.49. The summed E-state index contributed by atoms with van der Waals surface area (Å²) >= 11 is 0. The van der Waals surface area contributed by atoms with Gasteiger partial charge in [0.05, 0.1) is 5.56 Å². The molecular weight excluding hydrogens is 233 g/mol. The lowest BCUT2D eigenvalue weighted by atomic mass is 10.00. The summed E-state index contributed by atoms with van der Waals surface area (Å²) in [4.78, 5) is 10.9. The van der Waals surface area contributed by atoms with E-state index >= 15 is 0 Å². The molecule has 2 rings (SSSR count). The lowest BCUT2D eigenvalue weighted by Crippen LogP contribution is -1.99. The summed E-state index contributed by atoms with van der Waals surface area (Å²) in [7, 11) is 0. The van der Waals surface area contributed by atoms with Gasteiger partial charge in [-0.2, -0.15) is 0 Å². The van der Waals surface area contributed by atoms with Crippen molar-refractivity contribution in [2.24, 2.45) is 0 Å². The number of hydrogen-bond acceptors (Lipinski definition) is 2. The molecule has 0 saturated heterocycles. The molecule has 0 unspecified atom stereocenters. The molecule has 0 fully saturated rings. The monoisotopic (exact) mass is 245 g/mol. The van der Waals surface area contributed by atoms with Gasteiger partial charge in [-0.25, -0.2) is 9.18 Å². The standard InChI is InChI=1S/C14H12FNO2/c1-8-2-3-13(15)12(4-8)9-5-10(14(17)18)7-11(16)6-9/h2-7H,16H2,1H3,(H,17,18). The fraction of sp³-hybridized carbons (Fsp3) is 0.0714. The zero-order chi connectivity index (χ0) is 13.3. The first-order valence-corrected chi connectivity index (χ1v) is 5.38. The van der Waals surface area contributed by atoms with Crippen LogP contribution in [0.5, 0.6) is 0 Å². The molecule has 92 valence electrons. The summed E-state index contributed by atoms with van der Waals surface area (Å²) in [5.74, 6) is -1.49. The van der Waals surface area contributed by atoms with E-state index in [1.165, 1.54) is 18.2 Å². The van der Waals surface area contributed by atoms with Crippen LogP contribution in [0.1, 0.15) is 15.9 Å². The number of nitrogens with two attached hydrogens (primary N) is 1. The summed E-state index contributed by atoms with van der Waals surface area (Å²) in [5, 5.41) is 8.96. The fourth-order valence-electron chi connectivity index (χ4n) is 1.79. The molecule has 0 aromatic heterocycles. The Morgan fingerprint density at radius 1 is 1.22 bits per heavy atom. The number of carbonyl (C=O) groups is 1. The smallest absolute Gasteiger partial charge is 0.335 e. The highest BCUT2D eigenvalue weighted by atomic mass is 19.1. The Labute approximate surface area is 104 Å². The number of carboxylic acid groups (broad SMARTS) is 1. The average Bonchev–Trinajstić information content (AvgIpc) is 2.31.